The molecule has 0 aliphatic carbocycles. The Morgan fingerprint density at radius 3 is 2.19 bits per heavy atom. The van der Waals surface area contributed by atoms with Crippen molar-refractivity contribution in [2.45, 2.75) is 11.8 Å². The number of halogens is 2. The highest BCUT2D eigenvalue weighted by molar-refractivity contribution is 14.1. The fraction of sp³-hybridized carbons (Fsp3) is 0.0667. The van der Waals surface area contributed by atoms with Crippen molar-refractivity contribution in [3.05, 3.63) is 69.6 Å². The van der Waals surface area contributed by atoms with Gasteiger partial charge in [0.25, 0.3) is 0 Å². The van der Waals surface area contributed by atoms with Crippen LogP contribution in [-0.2, 0) is 14.3 Å². The Labute approximate surface area is 136 Å². The van der Waals surface area contributed by atoms with Crippen LogP contribution < -0.4 is 0 Å². The molecule has 0 radical (unpaired) electrons. The average Bonchev–Trinajstić information content (AvgIpc) is 2.46. The van der Waals surface area contributed by atoms with E-state index in [-0.39, 0.29) is 10.7 Å². The number of benzene rings is 2. The Hall–Kier alpha value is -1.41. The van der Waals surface area contributed by atoms with Crippen molar-refractivity contribution in [3.63, 3.8) is 0 Å². The van der Waals surface area contributed by atoms with Gasteiger partial charge >= 0.3 is 10.1 Å². The predicted molar refractivity (Wildman–Crippen MR) is 87.8 cm³/mol. The van der Waals surface area contributed by atoms with Crippen molar-refractivity contribution in [3.8, 4) is 0 Å². The third kappa shape index (κ3) is 4.04. The maximum Gasteiger partial charge on any atom is 0.339 e. The van der Waals surface area contributed by atoms with Crippen LogP contribution in [0.3, 0.4) is 0 Å². The van der Waals surface area contributed by atoms with Gasteiger partial charge in [0, 0.05) is 9.65 Å². The van der Waals surface area contributed by atoms with Gasteiger partial charge in [0.15, 0.2) is 5.76 Å². The molecule has 0 fully saturated rings. The lowest BCUT2D eigenvalue weighted by atomic mass is 10.2. The minimum Gasteiger partial charge on any atom is -0.378 e. The van der Waals surface area contributed by atoms with Gasteiger partial charge in [-0.3, -0.25) is 0 Å². The zero-order valence-corrected chi connectivity index (χ0v) is 14.1. The summed E-state index contributed by atoms with van der Waals surface area (Å²) in [5, 5.41) is 0. The molecule has 0 saturated carbocycles. The lowest BCUT2D eigenvalue weighted by Gasteiger charge is -2.10. The van der Waals surface area contributed by atoms with Crippen LogP contribution in [0.2, 0.25) is 0 Å². The van der Waals surface area contributed by atoms with E-state index < -0.39 is 15.9 Å². The number of hydrogen-bond acceptors (Lipinski definition) is 3. The molecule has 0 N–H and O–H groups in total. The van der Waals surface area contributed by atoms with Crippen LogP contribution in [0.1, 0.15) is 11.1 Å². The van der Waals surface area contributed by atoms with Crippen molar-refractivity contribution in [1.82, 2.24) is 0 Å². The third-order valence-electron chi connectivity index (χ3n) is 2.74. The third-order valence-corrected chi connectivity index (χ3v) is 4.55. The molecule has 110 valence electrons. The second-order valence-electron chi connectivity index (χ2n) is 4.33. The summed E-state index contributed by atoms with van der Waals surface area (Å²) in [5.41, 5.74) is 1.44. The van der Waals surface area contributed by atoms with Crippen LogP contribution in [0.5, 0.6) is 0 Å². The molecular formula is C15H12FIO3S. The van der Waals surface area contributed by atoms with Crippen molar-refractivity contribution >= 4 is 38.5 Å². The first-order valence-corrected chi connectivity index (χ1v) is 8.65. The molecule has 0 aliphatic rings. The number of aryl methyl sites for hydroxylation is 1. The molecule has 0 amide bonds. The summed E-state index contributed by atoms with van der Waals surface area (Å²) < 4.78 is 44.0. The summed E-state index contributed by atoms with van der Waals surface area (Å²) in [4.78, 5) is 0.0750. The van der Waals surface area contributed by atoms with Gasteiger partial charge in [-0.1, -0.05) is 17.7 Å². The Morgan fingerprint density at radius 1 is 1.10 bits per heavy atom. The molecule has 0 aliphatic heterocycles. The lowest BCUT2D eigenvalue weighted by Crippen LogP contribution is -2.06. The van der Waals surface area contributed by atoms with E-state index in [1.807, 2.05) is 29.5 Å². The first kappa shape index (κ1) is 16.0. The van der Waals surface area contributed by atoms with E-state index in [1.165, 1.54) is 40.5 Å². The van der Waals surface area contributed by atoms with E-state index in [0.717, 1.165) is 5.56 Å². The summed E-state index contributed by atoms with van der Waals surface area (Å²) in [5.74, 6) is -0.246. The summed E-state index contributed by atoms with van der Waals surface area (Å²) >= 11 is 1.88. The number of rotatable bonds is 4. The molecule has 0 bridgehead atoms. The van der Waals surface area contributed by atoms with E-state index in [9.17, 15) is 12.8 Å². The zero-order valence-electron chi connectivity index (χ0n) is 11.1. The Balaban J connectivity index is 2.29. The van der Waals surface area contributed by atoms with E-state index in [1.54, 1.807) is 12.1 Å². The van der Waals surface area contributed by atoms with Gasteiger partial charge in [-0.05, 0) is 65.9 Å². The van der Waals surface area contributed by atoms with Crippen LogP contribution in [0.4, 0.5) is 4.39 Å². The van der Waals surface area contributed by atoms with Gasteiger partial charge < -0.3 is 4.18 Å². The minimum atomic E-state index is -3.91. The van der Waals surface area contributed by atoms with Crippen LogP contribution in [-0.4, -0.2) is 8.42 Å². The monoisotopic (exact) mass is 418 g/mol. The van der Waals surface area contributed by atoms with E-state index in [4.69, 9.17) is 4.18 Å². The number of hydrogen-bond donors (Lipinski definition) is 0. The predicted octanol–water partition coefficient (Wildman–Crippen LogP) is 4.27. The molecule has 2 rings (SSSR count). The highest BCUT2D eigenvalue weighted by Crippen LogP contribution is 2.24. The first-order chi connectivity index (χ1) is 9.92. The Morgan fingerprint density at radius 2 is 1.67 bits per heavy atom. The van der Waals surface area contributed by atoms with E-state index >= 15 is 0 Å². The molecule has 0 heterocycles. The van der Waals surface area contributed by atoms with Crippen LogP contribution in [0.15, 0.2) is 57.5 Å². The fourth-order valence-electron chi connectivity index (χ4n) is 1.61. The summed E-state index contributed by atoms with van der Waals surface area (Å²) in [7, 11) is -3.91. The van der Waals surface area contributed by atoms with Crippen molar-refractivity contribution in [1.29, 1.82) is 0 Å². The molecule has 0 spiro atoms. The van der Waals surface area contributed by atoms with E-state index in [0.29, 0.717) is 5.56 Å². The van der Waals surface area contributed by atoms with Gasteiger partial charge in [0.2, 0.25) is 0 Å². The molecule has 0 unspecified atom stereocenters. The van der Waals surface area contributed by atoms with Crippen molar-refractivity contribution in [2.75, 3.05) is 0 Å². The second kappa shape index (κ2) is 6.57. The molecule has 6 heteroatoms. The summed E-state index contributed by atoms with van der Waals surface area (Å²) in [6.45, 7) is 1.87. The molecule has 3 nitrogen and oxygen atoms in total. The molecule has 0 atom stereocenters. The molecule has 21 heavy (non-hydrogen) atoms. The van der Waals surface area contributed by atoms with Gasteiger partial charge in [-0.2, -0.15) is 8.42 Å². The fourth-order valence-corrected chi connectivity index (χ4v) is 3.22. The zero-order chi connectivity index (χ0) is 15.5. The van der Waals surface area contributed by atoms with Gasteiger partial charge in [-0.25, -0.2) is 4.39 Å². The average molecular weight is 418 g/mol. The van der Waals surface area contributed by atoms with Crippen LogP contribution >= 0.6 is 22.6 Å². The maximum atomic E-state index is 12.9. The Bertz CT molecular complexity index is 751. The summed E-state index contributed by atoms with van der Waals surface area (Å²) in [6, 6.07) is 11.8. The van der Waals surface area contributed by atoms with Gasteiger partial charge in [0.1, 0.15) is 10.7 Å². The summed E-state index contributed by atoms with van der Waals surface area (Å²) in [6.07, 6.45) is 0. The maximum absolute atomic E-state index is 12.9. The van der Waals surface area contributed by atoms with Crippen LogP contribution in [0, 0.1) is 12.7 Å². The van der Waals surface area contributed by atoms with Crippen molar-refractivity contribution in [2.24, 2.45) is 0 Å². The molecule has 2 aromatic rings. The standard InChI is InChI=1S/C15H12FIO3S/c1-11-2-8-14(9-3-11)21(18,19)20-15(10-17)12-4-6-13(16)7-5-12/h2-10H,1H3/b15-10+. The largest absolute Gasteiger partial charge is 0.378 e. The smallest absolute Gasteiger partial charge is 0.339 e. The highest BCUT2D eigenvalue weighted by Gasteiger charge is 2.18. The van der Waals surface area contributed by atoms with E-state index in [2.05, 4.69) is 0 Å². The second-order valence-corrected chi connectivity index (χ2v) is 6.50. The van der Waals surface area contributed by atoms with Crippen molar-refractivity contribution < 1.29 is 17.0 Å². The van der Waals surface area contributed by atoms with Crippen LogP contribution in [0.25, 0.3) is 5.76 Å². The first-order valence-electron chi connectivity index (χ1n) is 6.00. The quantitative estimate of drug-likeness (QED) is 0.423. The van der Waals surface area contributed by atoms with Gasteiger partial charge in [0.05, 0.1) is 0 Å². The topological polar surface area (TPSA) is 43.4 Å². The molecule has 0 saturated heterocycles. The minimum absolute atomic E-state index is 0.0750. The molecule has 2 aromatic carbocycles. The molecular weight excluding hydrogens is 406 g/mol. The normalized spacial score (nSPS) is 12.2. The SMILES string of the molecule is Cc1ccc(S(=O)(=O)O/C(=C/I)c2ccc(F)cc2)cc1. The van der Waals surface area contributed by atoms with Gasteiger partial charge in [-0.15, -0.1) is 0 Å². The highest BCUT2D eigenvalue weighted by atomic mass is 127. The lowest BCUT2D eigenvalue weighted by molar-refractivity contribution is 0.464. The Kier molecular flexibility index (Phi) is 5.00. The molecule has 0 aromatic heterocycles.